The SMILES string of the molecule is CSCC[C@@H](NC(=O)CCCn1nnc(-c2ccccc2)n1)c1nnc2ccccn12. The van der Waals surface area contributed by atoms with Crippen molar-refractivity contribution < 1.29 is 4.79 Å². The lowest BCUT2D eigenvalue weighted by Gasteiger charge is -2.17. The minimum atomic E-state index is -0.188. The van der Waals surface area contributed by atoms with E-state index in [1.54, 1.807) is 11.8 Å². The Labute approximate surface area is 184 Å². The quantitative estimate of drug-likeness (QED) is 0.408. The van der Waals surface area contributed by atoms with Crippen molar-refractivity contribution in [2.24, 2.45) is 0 Å². The van der Waals surface area contributed by atoms with E-state index in [2.05, 4.69) is 37.2 Å². The molecule has 4 aromatic rings. The third kappa shape index (κ3) is 5.26. The van der Waals surface area contributed by atoms with Crippen LogP contribution in [0.3, 0.4) is 0 Å². The van der Waals surface area contributed by atoms with Gasteiger partial charge in [0.1, 0.15) is 0 Å². The Hall–Kier alpha value is -3.27. The number of nitrogens with zero attached hydrogens (tertiary/aromatic N) is 7. The number of amides is 1. The molecule has 10 heteroatoms. The molecule has 0 saturated heterocycles. The van der Waals surface area contributed by atoms with Crippen molar-refractivity contribution in [2.75, 3.05) is 12.0 Å². The van der Waals surface area contributed by atoms with Gasteiger partial charge in [-0.3, -0.25) is 9.20 Å². The van der Waals surface area contributed by atoms with Crippen LogP contribution in [-0.4, -0.2) is 52.7 Å². The molecule has 0 bridgehead atoms. The molecule has 9 nitrogen and oxygen atoms in total. The zero-order valence-corrected chi connectivity index (χ0v) is 18.1. The van der Waals surface area contributed by atoms with Gasteiger partial charge in [0.2, 0.25) is 11.7 Å². The number of hydrogen-bond donors (Lipinski definition) is 1. The number of carbonyl (C=O) groups excluding carboxylic acids is 1. The summed E-state index contributed by atoms with van der Waals surface area (Å²) in [6.07, 6.45) is 5.74. The van der Waals surface area contributed by atoms with Crippen LogP contribution in [0, 0.1) is 0 Å². The van der Waals surface area contributed by atoms with Gasteiger partial charge in [-0.2, -0.15) is 16.6 Å². The lowest BCUT2D eigenvalue weighted by Crippen LogP contribution is -2.30. The molecular formula is C21H24N8OS. The van der Waals surface area contributed by atoms with Gasteiger partial charge in [-0.05, 0) is 42.2 Å². The first-order valence-corrected chi connectivity index (χ1v) is 11.5. The van der Waals surface area contributed by atoms with Crippen LogP contribution >= 0.6 is 11.8 Å². The van der Waals surface area contributed by atoms with Crippen LogP contribution in [0.1, 0.15) is 31.1 Å². The van der Waals surface area contributed by atoms with Crippen molar-refractivity contribution in [1.29, 1.82) is 0 Å². The summed E-state index contributed by atoms with van der Waals surface area (Å²) in [7, 11) is 0. The summed E-state index contributed by atoms with van der Waals surface area (Å²) in [5.74, 6) is 2.23. The van der Waals surface area contributed by atoms with E-state index in [0.717, 1.165) is 29.2 Å². The van der Waals surface area contributed by atoms with E-state index in [0.29, 0.717) is 25.2 Å². The van der Waals surface area contributed by atoms with Crippen LogP contribution in [0.25, 0.3) is 17.0 Å². The molecular weight excluding hydrogens is 412 g/mol. The summed E-state index contributed by atoms with van der Waals surface area (Å²) >= 11 is 1.74. The fraction of sp³-hybridized carbons (Fsp3) is 0.333. The van der Waals surface area contributed by atoms with Gasteiger partial charge in [-0.1, -0.05) is 36.4 Å². The molecule has 31 heavy (non-hydrogen) atoms. The molecule has 4 rings (SSSR count). The number of hydrogen-bond acceptors (Lipinski definition) is 7. The Bertz CT molecular complexity index is 1130. The summed E-state index contributed by atoms with van der Waals surface area (Å²) in [6, 6.07) is 15.3. The lowest BCUT2D eigenvalue weighted by atomic mass is 10.2. The van der Waals surface area contributed by atoms with Gasteiger partial charge in [0.15, 0.2) is 11.5 Å². The number of nitrogens with one attached hydrogen (secondary N) is 1. The van der Waals surface area contributed by atoms with E-state index in [1.807, 2.05) is 59.1 Å². The predicted molar refractivity (Wildman–Crippen MR) is 119 cm³/mol. The Balaban J connectivity index is 1.34. The Kier molecular flexibility index (Phi) is 6.88. The Morgan fingerprint density at radius 3 is 2.77 bits per heavy atom. The maximum atomic E-state index is 12.6. The van der Waals surface area contributed by atoms with Crippen molar-refractivity contribution in [2.45, 2.75) is 31.8 Å². The highest BCUT2D eigenvalue weighted by atomic mass is 32.2. The highest BCUT2D eigenvalue weighted by Crippen LogP contribution is 2.18. The third-order valence-electron chi connectivity index (χ3n) is 4.84. The minimum absolute atomic E-state index is 0.0258. The fourth-order valence-electron chi connectivity index (χ4n) is 3.29. The number of carbonyl (C=O) groups is 1. The first-order valence-electron chi connectivity index (χ1n) is 10.2. The zero-order valence-electron chi connectivity index (χ0n) is 17.3. The molecule has 1 amide bonds. The van der Waals surface area contributed by atoms with Crippen LogP contribution < -0.4 is 5.32 Å². The number of aromatic nitrogens is 7. The average Bonchev–Trinajstić information content (AvgIpc) is 3.45. The summed E-state index contributed by atoms with van der Waals surface area (Å²) in [6.45, 7) is 0.524. The summed E-state index contributed by atoms with van der Waals surface area (Å²) in [4.78, 5) is 14.2. The van der Waals surface area contributed by atoms with Crippen molar-refractivity contribution in [3.8, 4) is 11.4 Å². The van der Waals surface area contributed by atoms with E-state index >= 15 is 0 Å². The van der Waals surface area contributed by atoms with Crippen molar-refractivity contribution in [1.82, 2.24) is 40.1 Å². The molecule has 0 aliphatic heterocycles. The zero-order chi connectivity index (χ0) is 21.5. The molecule has 0 radical (unpaired) electrons. The normalized spacial score (nSPS) is 12.2. The highest BCUT2D eigenvalue weighted by Gasteiger charge is 2.20. The van der Waals surface area contributed by atoms with Gasteiger partial charge in [-0.25, -0.2) is 0 Å². The topological polar surface area (TPSA) is 103 Å². The smallest absolute Gasteiger partial charge is 0.220 e. The number of benzene rings is 1. The second kappa shape index (κ2) is 10.2. The molecule has 1 atom stereocenters. The molecule has 0 aliphatic rings. The molecule has 0 fully saturated rings. The van der Waals surface area contributed by atoms with Crippen LogP contribution in [0.5, 0.6) is 0 Å². The molecule has 0 saturated carbocycles. The van der Waals surface area contributed by atoms with E-state index in [4.69, 9.17) is 0 Å². The molecule has 0 unspecified atom stereocenters. The number of aryl methyl sites for hydroxylation is 1. The monoisotopic (exact) mass is 436 g/mol. The van der Waals surface area contributed by atoms with Crippen LogP contribution in [-0.2, 0) is 11.3 Å². The second-order valence-corrected chi connectivity index (χ2v) is 8.05. The van der Waals surface area contributed by atoms with Crippen molar-refractivity contribution >= 4 is 23.3 Å². The summed E-state index contributed by atoms with van der Waals surface area (Å²) in [5, 5.41) is 24.2. The van der Waals surface area contributed by atoms with Gasteiger partial charge in [-0.15, -0.1) is 20.4 Å². The van der Waals surface area contributed by atoms with Crippen molar-refractivity contribution in [3.05, 3.63) is 60.6 Å². The Morgan fingerprint density at radius 1 is 1.10 bits per heavy atom. The van der Waals surface area contributed by atoms with Gasteiger partial charge in [0.05, 0.1) is 12.6 Å². The van der Waals surface area contributed by atoms with Crippen LogP contribution in [0.2, 0.25) is 0 Å². The van der Waals surface area contributed by atoms with Gasteiger partial charge < -0.3 is 5.32 Å². The number of thioether (sulfide) groups is 1. The van der Waals surface area contributed by atoms with Gasteiger partial charge in [0.25, 0.3) is 0 Å². The van der Waals surface area contributed by atoms with E-state index in [-0.39, 0.29) is 11.9 Å². The maximum absolute atomic E-state index is 12.6. The number of tetrazole rings is 1. The molecule has 1 N–H and O–H groups in total. The first kappa shape index (κ1) is 21.0. The summed E-state index contributed by atoms with van der Waals surface area (Å²) in [5.41, 5.74) is 1.69. The molecule has 0 spiro atoms. The number of fused-ring (bicyclic) bond motifs is 1. The largest absolute Gasteiger partial charge is 0.346 e. The lowest BCUT2D eigenvalue weighted by molar-refractivity contribution is -0.122. The first-order chi connectivity index (χ1) is 15.2. The van der Waals surface area contributed by atoms with Gasteiger partial charge in [0, 0.05) is 18.2 Å². The van der Waals surface area contributed by atoms with Crippen molar-refractivity contribution in [3.63, 3.8) is 0 Å². The molecule has 3 heterocycles. The second-order valence-electron chi connectivity index (χ2n) is 7.07. The molecule has 1 aromatic carbocycles. The standard InChI is InChI=1S/C21H24N8OS/c1-31-15-12-17(21-25-23-18-10-5-6-13-28(18)21)22-19(30)11-7-14-29-26-20(24-27-29)16-8-3-2-4-9-16/h2-6,8-10,13,17H,7,11-12,14-15H2,1H3,(H,22,30)/t17-/m1/s1. The number of pyridine rings is 1. The van der Waals surface area contributed by atoms with Crippen LogP contribution in [0.15, 0.2) is 54.7 Å². The average molecular weight is 437 g/mol. The van der Waals surface area contributed by atoms with Crippen LogP contribution in [0.4, 0.5) is 0 Å². The van der Waals surface area contributed by atoms with E-state index < -0.39 is 0 Å². The van der Waals surface area contributed by atoms with E-state index in [9.17, 15) is 4.79 Å². The Morgan fingerprint density at radius 2 is 1.94 bits per heavy atom. The highest BCUT2D eigenvalue weighted by molar-refractivity contribution is 7.98. The van der Waals surface area contributed by atoms with E-state index in [1.165, 1.54) is 4.80 Å². The molecule has 0 aliphatic carbocycles. The maximum Gasteiger partial charge on any atom is 0.220 e. The summed E-state index contributed by atoms with van der Waals surface area (Å²) < 4.78 is 1.93. The predicted octanol–water partition coefficient (Wildman–Crippen LogP) is 2.77. The molecule has 160 valence electrons. The van der Waals surface area contributed by atoms with Gasteiger partial charge >= 0.3 is 0 Å². The molecule has 3 aromatic heterocycles. The fourth-order valence-corrected chi connectivity index (χ4v) is 3.76. The third-order valence-corrected chi connectivity index (χ3v) is 5.49. The minimum Gasteiger partial charge on any atom is -0.346 e. The number of rotatable bonds is 10.